The van der Waals surface area contributed by atoms with Crippen molar-refractivity contribution in [3.05, 3.63) is 40.5 Å². The summed E-state index contributed by atoms with van der Waals surface area (Å²) in [5.41, 5.74) is 5.11. The van der Waals surface area contributed by atoms with Gasteiger partial charge in [-0.05, 0) is 48.6 Å². The summed E-state index contributed by atoms with van der Waals surface area (Å²) in [6.45, 7) is 4.22. The molecule has 0 heterocycles. The van der Waals surface area contributed by atoms with Crippen molar-refractivity contribution in [1.29, 1.82) is 0 Å². The Morgan fingerprint density at radius 2 is 1.71 bits per heavy atom. The fourth-order valence-electron chi connectivity index (χ4n) is 1.79. The Kier molecular flexibility index (Phi) is 2.24. The van der Waals surface area contributed by atoms with Gasteiger partial charge in [-0.1, -0.05) is 18.2 Å². The molecule has 0 radical (unpaired) electrons. The van der Waals surface area contributed by atoms with Gasteiger partial charge in [0, 0.05) is 6.42 Å². The van der Waals surface area contributed by atoms with Crippen molar-refractivity contribution in [2.45, 2.75) is 26.7 Å². The zero-order valence-corrected chi connectivity index (χ0v) is 8.63. The SMILES string of the molecule is Cc1cc2c(cc1C)CCC(=O)C=C2. The third kappa shape index (κ3) is 1.63. The summed E-state index contributed by atoms with van der Waals surface area (Å²) in [6, 6.07) is 4.37. The van der Waals surface area contributed by atoms with E-state index in [0.29, 0.717) is 6.42 Å². The third-order valence-electron chi connectivity index (χ3n) is 2.85. The van der Waals surface area contributed by atoms with Gasteiger partial charge in [0.25, 0.3) is 0 Å². The smallest absolute Gasteiger partial charge is 0.156 e. The number of rotatable bonds is 0. The van der Waals surface area contributed by atoms with Gasteiger partial charge in [-0.2, -0.15) is 0 Å². The maximum absolute atomic E-state index is 11.2. The Hall–Kier alpha value is -1.37. The van der Waals surface area contributed by atoms with Crippen LogP contribution >= 0.6 is 0 Å². The highest BCUT2D eigenvalue weighted by molar-refractivity contribution is 5.95. The van der Waals surface area contributed by atoms with Crippen LogP contribution in [0.2, 0.25) is 0 Å². The molecule has 1 aromatic carbocycles. The van der Waals surface area contributed by atoms with Gasteiger partial charge in [-0.3, -0.25) is 4.79 Å². The van der Waals surface area contributed by atoms with E-state index in [1.807, 2.05) is 6.08 Å². The summed E-state index contributed by atoms with van der Waals surface area (Å²) >= 11 is 0. The molecular weight excluding hydrogens is 172 g/mol. The number of aryl methyl sites for hydroxylation is 3. The Balaban J connectivity index is 2.52. The van der Waals surface area contributed by atoms with Gasteiger partial charge >= 0.3 is 0 Å². The first-order chi connectivity index (χ1) is 6.66. The fourth-order valence-corrected chi connectivity index (χ4v) is 1.79. The number of hydrogen-bond donors (Lipinski definition) is 0. The second kappa shape index (κ2) is 3.41. The summed E-state index contributed by atoms with van der Waals surface area (Å²) in [5, 5.41) is 0. The lowest BCUT2D eigenvalue weighted by molar-refractivity contribution is -0.114. The van der Waals surface area contributed by atoms with E-state index < -0.39 is 0 Å². The van der Waals surface area contributed by atoms with Crippen molar-refractivity contribution in [2.75, 3.05) is 0 Å². The van der Waals surface area contributed by atoms with Gasteiger partial charge in [0.1, 0.15) is 0 Å². The highest BCUT2D eigenvalue weighted by atomic mass is 16.1. The molecular formula is C13H14O. The summed E-state index contributed by atoms with van der Waals surface area (Å²) in [7, 11) is 0. The largest absolute Gasteiger partial charge is 0.295 e. The van der Waals surface area contributed by atoms with E-state index in [9.17, 15) is 4.79 Å². The van der Waals surface area contributed by atoms with Crippen LogP contribution in [0.25, 0.3) is 6.08 Å². The Morgan fingerprint density at radius 1 is 1.00 bits per heavy atom. The van der Waals surface area contributed by atoms with E-state index in [1.54, 1.807) is 6.08 Å². The maximum atomic E-state index is 11.2. The molecule has 0 saturated carbocycles. The summed E-state index contributed by atoms with van der Waals surface area (Å²) < 4.78 is 0. The first kappa shape index (κ1) is 9.20. The van der Waals surface area contributed by atoms with Crippen molar-refractivity contribution in [3.63, 3.8) is 0 Å². The minimum absolute atomic E-state index is 0.233. The normalized spacial score (nSPS) is 15.1. The number of allylic oxidation sites excluding steroid dienone is 1. The van der Waals surface area contributed by atoms with Crippen LogP contribution in [0.3, 0.4) is 0 Å². The number of ketones is 1. The van der Waals surface area contributed by atoms with E-state index in [1.165, 1.54) is 22.3 Å². The molecule has 0 bridgehead atoms. The Morgan fingerprint density at radius 3 is 2.50 bits per heavy atom. The molecule has 0 aromatic heterocycles. The molecule has 1 nitrogen and oxygen atoms in total. The van der Waals surface area contributed by atoms with Crippen molar-refractivity contribution in [1.82, 2.24) is 0 Å². The van der Waals surface area contributed by atoms with E-state index in [-0.39, 0.29) is 5.78 Å². The van der Waals surface area contributed by atoms with Crippen LogP contribution in [-0.4, -0.2) is 5.78 Å². The van der Waals surface area contributed by atoms with E-state index >= 15 is 0 Å². The van der Waals surface area contributed by atoms with Crippen LogP contribution in [0.5, 0.6) is 0 Å². The van der Waals surface area contributed by atoms with Crippen LogP contribution in [0.4, 0.5) is 0 Å². The number of carbonyl (C=O) groups is 1. The first-order valence-corrected chi connectivity index (χ1v) is 4.98. The summed E-state index contributed by atoms with van der Waals surface area (Å²) in [6.07, 6.45) is 5.16. The molecule has 0 fully saturated rings. The van der Waals surface area contributed by atoms with E-state index in [0.717, 1.165) is 6.42 Å². The Bertz CT molecular complexity index is 413. The molecule has 2 rings (SSSR count). The van der Waals surface area contributed by atoms with Gasteiger partial charge in [-0.15, -0.1) is 0 Å². The van der Waals surface area contributed by atoms with Crippen LogP contribution in [0.1, 0.15) is 28.7 Å². The van der Waals surface area contributed by atoms with Crippen molar-refractivity contribution in [2.24, 2.45) is 0 Å². The van der Waals surface area contributed by atoms with Crippen molar-refractivity contribution >= 4 is 11.9 Å². The van der Waals surface area contributed by atoms with Crippen LogP contribution in [0, 0.1) is 13.8 Å². The monoisotopic (exact) mass is 186 g/mol. The van der Waals surface area contributed by atoms with Gasteiger partial charge in [-0.25, -0.2) is 0 Å². The molecule has 1 aliphatic carbocycles. The molecule has 0 unspecified atom stereocenters. The number of hydrogen-bond acceptors (Lipinski definition) is 1. The zero-order chi connectivity index (χ0) is 10.1. The number of carbonyl (C=O) groups excluding carboxylic acids is 1. The van der Waals surface area contributed by atoms with Gasteiger partial charge < -0.3 is 0 Å². The van der Waals surface area contributed by atoms with Crippen LogP contribution in [0.15, 0.2) is 18.2 Å². The highest BCUT2D eigenvalue weighted by Crippen LogP contribution is 2.21. The van der Waals surface area contributed by atoms with E-state index in [4.69, 9.17) is 0 Å². The second-order valence-corrected chi connectivity index (χ2v) is 3.93. The fraction of sp³-hybridized carbons (Fsp3) is 0.308. The lowest BCUT2D eigenvalue weighted by Gasteiger charge is -2.07. The van der Waals surface area contributed by atoms with Crippen molar-refractivity contribution in [3.8, 4) is 0 Å². The van der Waals surface area contributed by atoms with Crippen LogP contribution in [-0.2, 0) is 11.2 Å². The summed E-state index contributed by atoms with van der Waals surface area (Å²) in [5.74, 6) is 0.233. The Labute approximate surface area is 84.5 Å². The first-order valence-electron chi connectivity index (χ1n) is 4.98. The molecule has 1 aliphatic rings. The molecule has 0 atom stereocenters. The quantitative estimate of drug-likeness (QED) is 0.609. The molecule has 0 spiro atoms. The zero-order valence-electron chi connectivity index (χ0n) is 8.63. The molecule has 0 saturated heterocycles. The predicted octanol–water partition coefficient (Wildman–Crippen LogP) is 2.83. The molecule has 14 heavy (non-hydrogen) atoms. The molecule has 0 aliphatic heterocycles. The lowest BCUT2D eigenvalue weighted by atomic mass is 9.98. The molecule has 1 aromatic rings. The number of benzene rings is 1. The minimum atomic E-state index is 0.233. The van der Waals surface area contributed by atoms with Crippen molar-refractivity contribution < 1.29 is 4.79 Å². The average Bonchev–Trinajstić information content (AvgIpc) is 2.31. The predicted molar refractivity (Wildman–Crippen MR) is 58.3 cm³/mol. The van der Waals surface area contributed by atoms with Gasteiger partial charge in [0.15, 0.2) is 5.78 Å². The molecule has 0 N–H and O–H groups in total. The summed E-state index contributed by atoms with van der Waals surface area (Å²) in [4.78, 5) is 11.2. The van der Waals surface area contributed by atoms with Crippen LogP contribution < -0.4 is 0 Å². The van der Waals surface area contributed by atoms with E-state index in [2.05, 4.69) is 26.0 Å². The third-order valence-corrected chi connectivity index (χ3v) is 2.85. The average molecular weight is 186 g/mol. The molecule has 1 heteroatoms. The number of fused-ring (bicyclic) bond motifs is 1. The van der Waals surface area contributed by atoms with Gasteiger partial charge in [0.2, 0.25) is 0 Å². The minimum Gasteiger partial charge on any atom is -0.295 e. The maximum Gasteiger partial charge on any atom is 0.156 e. The lowest BCUT2D eigenvalue weighted by Crippen LogP contribution is -1.95. The molecule has 72 valence electrons. The second-order valence-electron chi connectivity index (χ2n) is 3.93. The highest BCUT2D eigenvalue weighted by Gasteiger charge is 2.09. The topological polar surface area (TPSA) is 17.1 Å². The van der Waals surface area contributed by atoms with Gasteiger partial charge in [0.05, 0.1) is 0 Å². The standard InChI is InChI=1S/C13H14O/c1-9-7-11-3-5-13(14)6-4-12(11)8-10(9)2/h3,5,7-8H,4,6H2,1-2H3. The molecule has 0 amide bonds.